The lowest BCUT2D eigenvalue weighted by molar-refractivity contribution is -0.130. The summed E-state index contributed by atoms with van der Waals surface area (Å²) in [5.74, 6) is 1.48. The van der Waals surface area contributed by atoms with Crippen LogP contribution in [0, 0.1) is 0 Å². The maximum absolute atomic E-state index is 12.4. The maximum Gasteiger partial charge on any atom is 0.284 e. The Balaban J connectivity index is 1.67. The number of halogens is 1. The van der Waals surface area contributed by atoms with Gasteiger partial charge in [-0.05, 0) is 41.3 Å². The summed E-state index contributed by atoms with van der Waals surface area (Å²) >= 11 is 3.40. The minimum Gasteiger partial charge on any atom is -0.496 e. The van der Waals surface area contributed by atoms with Crippen molar-refractivity contribution in [1.29, 1.82) is 0 Å². The Morgan fingerprint density at radius 3 is 2.75 bits per heavy atom. The molecule has 0 aromatic heterocycles. The zero-order valence-electron chi connectivity index (χ0n) is 16.3. The normalized spacial score (nSPS) is 16.1. The van der Waals surface area contributed by atoms with Gasteiger partial charge in [-0.25, -0.2) is 5.43 Å². The molecule has 1 heterocycles. The predicted molar refractivity (Wildman–Crippen MR) is 111 cm³/mol. The molecular formula is C21H23BrN2O4. The van der Waals surface area contributed by atoms with Crippen molar-refractivity contribution in [3.8, 4) is 17.2 Å². The summed E-state index contributed by atoms with van der Waals surface area (Å²) < 4.78 is 17.7. The molecule has 2 aromatic carbocycles. The summed E-state index contributed by atoms with van der Waals surface area (Å²) in [6.45, 7) is 6.48. The Labute approximate surface area is 173 Å². The number of hydrogen-bond donors (Lipinski definition) is 1. The van der Waals surface area contributed by atoms with Crippen LogP contribution in [0.15, 0.2) is 46.0 Å². The number of hydrogen-bond acceptors (Lipinski definition) is 5. The number of nitrogens with one attached hydrogen (secondary N) is 1. The van der Waals surface area contributed by atoms with Gasteiger partial charge in [-0.2, -0.15) is 5.10 Å². The molecular weight excluding hydrogens is 424 g/mol. The first-order chi connectivity index (χ1) is 13.3. The number of hydrazone groups is 1. The standard InChI is InChI=1S/C21H23BrN2O4/c1-21(2,3)14-5-7-17-18(10-14)28-19(12-27-17)20(25)24-23-11-13-9-15(22)6-8-16(13)26-4/h5-11,19H,12H2,1-4H3,(H,24,25)/b23-11+. The van der Waals surface area contributed by atoms with E-state index in [-0.39, 0.29) is 17.9 Å². The molecule has 6 nitrogen and oxygen atoms in total. The van der Waals surface area contributed by atoms with Crippen molar-refractivity contribution in [1.82, 2.24) is 5.43 Å². The predicted octanol–water partition coefficient (Wildman–Crippen LogP) is 4.05. The van der Waals surface area contributed by atoms with E-state index in [2.05, 4.69) is 47.2 Å². The van der Waals surface area contributed by atoms with Crippen LogP contribution in [0.2, 0.25) is 0 Å². The summed E-state index contributed by atoms with van der Waals surface area (Å²) in [5, 5.41) is 4.02. The van der Waals surface area contributed by atoms with Crippen LogP contribution in [0.3, 0.4) is 0 Å². The van der Waals surface area contributed by atoms with Crippen LogP contribution < -0.4 is 19.6 Å². The molecule has 0 radical (unpaired) electrons. The molecule has 3 rings (SSSR count). The molecule has 0 aliphatic carbocycles. The zero-order valence-corrected chi connectivity index (χ0v) is 17.9. The molecule has 1 aliphatic rings. The largest absolute Gasteiger partial charge is 0.496 e. The second-order valence-electron chi connectivity index (χ2n) is 7.45. The van der Waals surface area contributed by atoms with Crippen molar-refractivity contribution in [3.05, 3.63) is 52.0 Å². The van der Waals surface area contributed by atoms with Gasteiger partial charge in [-0.15, -0.1) is 0 Å². The fourth-order valence-electron chi connectivity index (χ4n) is 2.71. The number of benzene rings is 2. The van der Waals surface area contributed by atoms with E-state index in [1.165, 1.54) is 6.21 Å². The molecule has 0 saturated carbocycles. The zero-order chi connectivity index (χ0) is 20.3. The maximum atomic E-state index is 12.4. The van der Waals surface area contributed by atoms with Crippen molar-refractivity contribution in [2.75, 3.05) is 13.7 Å². The summed E-state index contributed by atoms with van der Waals surface area (Å²) in [5.41, 5.74) is 4.32. The Hall–Kier alpha value is -2.54. The van der Waals surface area contributed by atoms with Gasteiger partial charge >= 0.3 is 0 Å². The van der Waals surface area contributed by atoms with Crippen LogP contribution in [-0.2, 0) is 10.2 Å². The fourth-order valence-corrected chi connectivity index (χ4v) is 3.09. The number of carbonyl (C=O) groups excluding carboxylic acids is 1. The molecule has 0 spiro atoms. The van der Waals surface area contributed by atoms with E-state index in [1.54, 1.807) is 7.11 Å². The van der Waals surface area contributed by atoms with Gasteiger partial charge in [0, 0.05) is 10.0 Å². The van der Waals surface area contributed by atoms with Crippen molar-refractivity contribution in [2.45, 2.75) is 32.3 Å². The average molecular weight is 447 g/mol. The van der Waals surface area contributed by atoms with E-state index in [0.29, 0.717) is 17.2 Å². The van der Waals surface area contributed by atoms with Crippen molar-refractivity contribution < 1.29 is 19.0 Å². The Kier molecular flexibility index (Phi) is 5.93. The highest BCUT2D eigenvalue weighted by molar-refractivity contribution is 9.10. The minimum absolute atomic E-state index is 0.0269. The van der Waals surface area contributed by atoms with E-state index in [4.69, 9.17) is 14.2 Å². The molecule has 1 amide bonds. The molecule has 7 heteroatoms. The van der Waals surface area contributed by atoms with E-state index in [1.807, 2.05) is 36.4 Å². The lowest BCUT2D eigenvalue weighted by atomic mass is 9.87. The first kappa shape index (κ1) is 20.2. The van der Waals surface area contributed by atoms with Crippen LogP contribution in [-0.4, -0.2) is 31.9 Å². The van der Waals surface area contributed by atoms with Crippen LogP contribution in [0.5, 0.6) is 17.2 Å². The Bertz CT molecular complexity index is 906. The highest BCUT2D eigenvalue weighted by atomic mass is 79.9. The number of methoxy groups -OCH3 is 1. The first-order valence-corrected chi connectivity index (χ1v) is 9.67. The molecule has 0 fully saturated rings. The van der Waals surface area contributed by atoms with Gasteiger partial charge in [-0.3, -0.25) is 4.79 Å². The van der Waals surface area contributed by atoms with Crippen molar-refractivity contribution >= 4 is 28.1 Å². The highest BCUT2D eigenvalue weighted by Gasteiger charge is 2.28. The monoisotopic (exact) mass is 446 g/mol. The number of amides is 1. The van der Waals surface area contributed by atoms with Gasteiger partial charge in [-0.1, -0.05) is 42.8 Å². The van der Waals surface area contributed by atoms with Crippen LogP contribution >= 0.6 is 15.9 Å². The topological polar surface area (TPSA) is 69.2 Å². The molecule has 1 unspecified atom stereocenters. The van der Waals surface area contributed by atoms with Crippen LogP contribution in [0.4, 0.5) is 0 Å². The summed E-state index contributed by atoms with van der Waals surface area (Å²) in [4.78, 5) is 12.4. The third kappa shape index (κ3) is 4.65. The van der Waals surface area contributed by atoms with Gasteiger partial charge in [0.05, 0.1) is 13.3 Å². The van der Waals surface area contributed by atoms with Gasteiger partial charge in [0.25, 0.3) is 5.91 Å². The molecule has 1 atom stereocenters. The van der Waals surface area contributed by atoms with Gasteiger partial charge in [0.1, 0.15) is 12.4 Å². The van der Waals surface area contributed by atoms with Gasteiger partial charge < -0.3 is 14.2 Å². The van der Waals surface area contributed by atoms with E-state index < -0.39 is 6.10 Å². The molecule has 148 valence electrons. The summed E-state index contributed by atoms with van der Waals surface area (Å²) in [6.07, 6.45) is 0.751. The third-order valence-corrected chi connectivity index (χ3v) is 4.82. The molecule has 0 bridgehead atoms. The first-order valence-electron chi connectivity index (χ1n) is 8.88. The molecule has 2 aromatic rings. The number of ether oxygens (including phenoxy) is 3. The minimum atomic E-state index is -0.774. The van der Waals surface area contributed by atoms with Gasteiger partial charge in [0.2, 0.25) is 6.10 Å². The second-order valence-corrected chi connectivity index (χ2v) is 8.37. The number of carbonyl (C=O) groups is 1. The summed E-state index contributed by atoms with van der Waals surface area (Å²) in [7, 11) is 1.58. The lowest BCUT2D eigenvalue weighted by Crippen LogP contribution is -2.42. The number of rotatable bonds is 4. The van der Waals surface area contributed by atoms with Gasteiger partial charge in [0.15, 0.2) is 11.5 Å². The molecule has 0 saturated heterocycles. The third-order valence-electron chi connectivity index (χ3n) is 4.33. The van der Waals surface area contributed by atoms with E-state index >= 15 is 0 Å². The average Bonchev–Trinajstić information content (AvgIpc) is 2.66. The Morgan fingerprint density at radius 1 is 1.25 bits per heavy atom. The number of fused-ring (bicyclic) bond motifs is 1. The lowest BCUT2D eigenvalue weighted by Gasteiger charge is -2.27. The molecule has 1 N–H and O–H groups in total. The molecule has 28 heavy (non-hydrogen) atoms. The quantitative estimate of drug-likeness (QED) is 0.568. The Morgan fingerprint density at radius 2 is 2.04 bits per heavy atom. The highest BCUT2D eigenvalue weighted by Crippen LogP contribution is 2.36. The summed E-state index contributed by atoms with van der Waals surface area (Å²) in [6, 6.07) is 11.3. The van der Waals surface area contributed by atoms with Crippen LogP contribution in [0.25, 0.3) is 0 Å². The number of nitrogens with zero attached hydrogens (tertiary/aromatic N) is 1. The molecule has 1 aliphatic heterocycles. The second kappa shape index (κ2) is 8.22. The van der Waals surface area contributed by atoms with Crippen molar-refractivity contribution in [2.24, 2.45) is 5.10 Å². The van der Waals surface area contributed by atoms with Crippen molar-refractivity contribution in [3.63, 3.8) is 0 Å². The SMILES string of the molecule is COc1ccc(Br)cc1/C=N/NC(=O)C1COc2ccc(C(C)(C)C)cc2O1. The smallest absolute Gasteiger partial charge is 0.284 e. The fraction of sp³-hybridized carbons (Fsp3) is 0.333. The van der Waals surface area contributed by atoms with E-state index in [9.17, 15) is 4.79 Å². The van der Waals surface area contributed by atoms with Crippen LogP contribution in [0.1, 0.15) is 31.9 Å². The van der Waals surface area contributed by atoms with E-state index in [0.717, 1.165) is 15.6 Å².